The zero-order chi connectivity index (χ0) is 16.5. The summed E-state index contributed by atoms with van der Waals surface area (Å²) in [6.07, 6.45) is -5.93. The Morgan fingerprint density at radius 1 is 1.14 bits per heavy atom. The fourth-order valence-corrected chi connectivity index (χ4v) is 3.31. The first kappa shape index (κ1) is 17.3. The Morgan fingerprint density at radius 2 is 1.73 bits per heavy atom. The summed E-state index contributed by atoms with van der Waals surface area (Å²) in [5, 5.41) is 20.1. The number of aliphatic hydroxyl groups is 2. The normalized spacial score (nSPS) is 32.9. The van der Waals surface area contributed by atoms with Crippen molar-refractivity contribution in [1.29, 1.82) is 0 Å². The molecule has 3 unspecified atom stereocenters. The van der Waals surface area contributed by atoms with E-state index in [0.717, 1.165) is 5.56 Å². The standard InChI is InChI=1S/C14H20O7S/c1-8-4-6-10(7-5-8)22(17,18)21-13-11(15)9(2)20-14(19-3)12(13)16/h4-7,9,11-16H,1-3H3/t9?,11-,12?,13?,14-/m1/s1. The van der Waals surface area contributed by atoms with Gasteiger partial charge < -0.3 is 19.7 Å². The average Bonchev–Trinajstić information content (AvgIpc) is 2.48. The number of benzene rings is 1. The second-order valence-corrected chi connectivity index (χ2v) is 6.83. The molecule has 0 radical (unpaired) electrons. The van der Waals surface area contributed by atoms with Crippen LogP contribution in [0.5, 0.6) is 0 Å². The van der Waals surface area contributed by atoms with E-state index >= 15 is 0 Å². The van der Waals surface area contributed by atoms with Crippen LogP contribution in [-0.2, 0) is 23.8 Å². The summed E-state index contributed by atoms with van der Waals surface area (Å²) in [5.74, 6) is 0. The van der Waals surface area contributed by atoms with Crippen molar-refractivity contribution in [3.8, 4) is 0 Å². The molecule has 0 bridgehead atoms. The molecule has 0 aromatic heterocycles. The van der Waals surface area contributed by atoms with Gasteiger partial charge in [-0.15, -0.1) is 0 Å². The Hall–Kier alpha value is -1.03. The Kier molecular flexibility index (Phi) is 5.21. The Morgan fingerprint density at radius 3 is 2.27 bits per heavy atom. The van der Waals surface area contributed by atoms with Gasteiger partial charge in [0.25, 0.3) is 10.1 Å². The van der Waals surface area contributed by atoms with E-state index in [9.17, 15) is 18.6 Å². The second kappa shape index (κ2) is 6.61. The molecule has 0 amide bonds. The minimum absolute atomic E-state index is 0.0504. The molecule has 1 saturated heterocycles. The number of hydrogen-bond donors (Lipinski definition) is 2. The third-order valence-corrected chi connectivity index (χ3v) is 4.89. The van der Waals surface area contributed by atoms with Crippen molar-refractivity contribution in [2.24, 2.45) is 0 Å². The molecule has 1 heterocycles. The van der Waals surface area contributed by atoms with E-state index in [0.29, 0.717) is 0 Å². The predicted molar refractivity (Wildman–Crippen MR) is 76.6 cm³/mol. The Bertz CT molecular complexity index is 598. The van der Waals surface area contributed by atoms with Crippen molar-refractivity contribution in [1.82, 2.24) is 0 Å². The Balaban J connectivity index is 2.24. The van der Waals surface area contributed by atoms with Crippen molar-refractivity contribution in [3.05, 3.63) is 29.8 Å². The molecule has 124 valence electrons. The van der Waals surface area contributed by atoms with E-state index in [2.05, 4.69) is 0 Å². The molecule has 8 heteroatoms. The highest BCUT2D eigenvalue weighted by molar-refractivity contribution is 7.86. The van der Waals surface area contributed by atoms with Crippen molar-refractivity contribution in [2.75, 3.05) is 7.11 Å². The summed E-state index contributed by atoms with van der Waals surface area (Å²) in [6, 6.07) is 6.07. The third-order valence-electron chi connectivity index (χ3n) is 3.56. The number of aliphatic hydroxyl groups excluding tert-OH is 2. The van der Waals surface area contributed by atoms with Crippen LogP contribution in [0.1, 0.15) is 12.5 Å². The van der Waals surface area contributed by atoms with Gasteiger partial charge in [-0.3, -0.25) is 4.18 Å². The Labute approximate surface area is 129 Å². The van der Waals surface area contributed by atoms with Crippen LogP contribution in [0.2, 0.25) is 0 Å². The summed E-state index contributed by atoms with van der Waals surface area (Å²) in [7, 11) is -2.82. The molecule has 22 heavy (non-hydrogen) atoms. The van der Waals surface area contributed by atoms with E-state index in [1.54, 1.807) is 12.1 Å². The molecular weight excluding hydrogens is 312 g/mol. The summed E-state index contributed by atoms with van der Waals surface area (Å²) in [4.78, 5) is -0.0504. The lowest BCUT2D eigenvalue weighted by Gasteiger charge is -2.40. The molecule has 5 atom stereocenters. The highest BCUT2D eigenvalue weighted by Crippen LogP contribution is 2.27. The average molecular weight is 332 g/mol. The van der Waals surface area contributed by atoms with Gasteiger partial charge in [0.1, 0.15) is 18.3 Å². The molecule has 0 saturated carbocycles. The van der Waals surface area contributed by atoms with E-state index in [4.69, 9.17) is 13.7 Å². The van der Waals surface area contributed by atoms with Crippen LogP contribution >= 0.6 is 0 Å². The molecule has 1 fully saturated rings. The molecule has 2 N–H and O–H groups in total. The number of aryl methyl sites for hydroxylation is 1. The van der Waals surface area contributed by atoms with E-state index in [-0.39, 0.29) is 4.90 Å². The van der Waals surface area contributed by atoms with Crippen molar-refractivity contribution in [2.45, 2.75) is 49.4 Å². The van der Waals surface area contributed by atoms with Crippen LogP contribution in [0.25, 0.3) is 0 Å². The molecule has 7 nitrogen and oxygen atoms in total. The van der Waals surface area contributed by atoms with Gasteiger partial charge in [-0.2, -0.15) is 8.42 Å². The van der Waals surface area contributed by atoms with Crippen LogP contribution < -0.4 is 0 Å². The van der Waals surface area contributed by atoms with Gasteiger partial charge in [-0.1, -0.05) is 17.7 Å². The first-order valence-corrected chi connectivity index (χ1v) is 8.21. The van der Waals surface area contributed by atoms with Gasteiger partial charge in [0, 0.05) is 7.11 Å². The molecule has 1 aliphatic heterocycles. The number of methoxy groups -OCH3 is 1. The summed E-state index contributed by atoms with van der Waals surface area (Å²) in [6.45, 7) is 3.37. The van der Waals surface area contributed by atoms with Gasteiger partial charge in [0.2, 0.25) is 0 Å². The maximum absolute atomic E-state index is 12.3. The molecule has 1 aliphatic rings. The maximum Gasteiger partial charge on any atom is 0.297 e. The summed E-state index contributed by atoms with van der Waals surface area (Å²) >= 11 is 0. The summed E-state index contributed by atoms with van der Waals surface area (Å²) < 4.78 is 39.8. The van der Waals surface area contributed by atoms with E-state index in [1.807, 2.05) is 6.92 Å². The fourth-order valence-electron chi connectivity index (χ4n) is 2.21. The van der Waals surface area contributed by atoms with Crippen LogP contribution in [-0.4, -0.2) is 56.4 Å². The lowest BCUT2D eigenvalue weighted by atomic mass is 10.0. The van der Waals surface area contributed by atoms with Gasteiger partial charge in [-0.25, -0.2) is 0 Å². The number of rotatable bonds is 4. The molecule has 1 aromatic carbocycles. The van der Waals surface area contributed by atoms with Crippen LogP contribution in [0.15, 0.2) is 29.2 Å². The molecule has 2 rings (SSSR count). The lowest BCUT2D eigenvalue weighted by molar-refractivity contribution is -0.280. The maximum atomic E-state index is 12.3. The SMILES string of the molecule is CO[C@@H]1OC(C)[C@@H](O)C(OS(=O)(=O)c2ccc(C)cc2)C1O. The number of hydrogen-bond acceptors (Lipinski definition) is 7. The lowest BCUT2D eigenvalue weighted by Crippen LogP contribution is -2.58. The van der Waals surface area contributed by atoms with Gasteiger partial charge in [0.05, 0.1) is 11.0 Å². The minimum atomic E-state index is -4.13. The minimum Gasteiger partial charge on any atom is -0.388 e. The zero-order valence-electron chi connectivity index (χ0n) is 12.5. The van der Waals surface area contributed by atoms with Crippen molar-refractivity contribution in [3.63, 3.8) is 0 Å². The smallest absolute Gasteiger partial charge is 0.297 e. The highest BCUT2D eigenvalue weighted by Gasteiger charge is 2.46. The van der Waals surface area contributed by atoms with Crippen LogP contribution in [0.4, 0.5) is 0 Å². The van der Waals surface area contributed by atoms with Gasteiger partial charge in [0.15, 0.2) is 6.29 Å². The predicted octanol–water partition coefficient (Wildman–Crippen LogP) is 0.182. The summed E-state index contributed by atoms with van der Waals surface area (Å²) in [5.41, 5.74) is 0.901. The zero-order valence-corrected chi connectivity index (χ0v) is 13.4. The molecule has 0 aliphatic carbocycles. The van der Waals surface area contributed by atoms with E-state index < -0.39 is 40.8 Å². The quantitative estimate of drug-likeness (QED) is 0.758. The molecule has 0 spiro atoms. The van der Waals surface area contributed by atoms with Crippen molar-refractivity contribution >= 4 is 10.1 Å². The van der Waals surface area contributed by atoms with Gasteiger partial charge in [-0.05, 0) is 26.0 Å². The molecule has 1 aromatic rings. The molecular formula is C14H20O7S. The van der Waals surface area contributed by atoms with Crippen LogP contribution in [0, 0.1) is 6.92 Å². The number of ether oxygens (including phenoxy) is 2. The first-order chi connectivity index (χ1) is 10.3. The van der Waals surface area contributed by atoms with Gasteiger partial charge >= 0.3 is 0 Å². The topological polar surface area (TPSA) is 102 Å². The van der Waals surface area contributed by atoms with Crippen molar-refractivity contribution < 1.29 is 32.3 Å². The monoisotopic (exact) mass is 332 g/mol. The largest absolute Gasteiger partial charge is 0.388 e. The highest BCUT2D eigenvalue weighted by atomic mass is 32.2. The first-order valence-electron chi connectivity index (χ1n) is 6.80. The van der Waals surface area contributed by atoms with E-state index in [1.165, 1.54) is 26.2 Å². The second-order valence-electron chi connectivity index (χ2n) is 5.25. The third kappa shape index (κ3) is 3.48. The fraction of sp³-hybridized carbons (Fsp3) is 0.571. The van der Waals surface area contributed by atoms with Crippen LogP contribution in [0.3, 0.4) is 0 Å².